The summed E-state index contributed by atoms with van der Waals surface area (Å²) in [5.41, 5.74) is -0.643. The van der Waals surface area contributed by atoms with Gasteiger partial charge in [0.15, 0.2) is 15.7 Å². The molecule has 2 aliphatic rings. The number of hydrogen-bond acceptors (Lipinski definition) is 9. The van der Waals surface area contributed by atoms with Crippen LogP contribution in [0.4, 0.5) is 13.2 Å². The van der Waals surface area contributed by atoms with Crippen LogP contribution in [-0.4, -0.2) is 76.3 Å². The fourth-order valence-corrected chi connectivity index (χ4v) is 6.56. The lowest BCUT2D eigenvalue weighted by Gasteiger charge is -2.21. The highest BCUT2D eigenvalue weighted by Crippen LogP contribution is 2.41. The predicted octanol–water partition coefficient (Wildman–Crippen LogP) is 2.31. The molecule has 2 aliphatic carbocycles. The van der Waals surface area contributed by atoms with Gasteiger partial charge >= 0.3 is 0 Å². The molecule has 3 aromatic rings. The van der Waals surface area contributed by atoms with Crippen molar-refractivity contribution in [2.45, 2.75) is 55.5 Å². The van der Waals surface area contributed by atoms with Crippen LogP contribution in [0.2, 0.25) is 0 Å². The summed E-state index contributed by atoms with van der Waals surface area (Å²) in [4.78, 5) is 31.8. The van der Waals surface area contributed by atoms with Crippen molar-refractivity contribution in [1.82, 2.24) is 34.6 Å². The van der Waals surface area contributed by atoms with Crippen molar-refractivity contribution in [3.05, 3.63) is 22.3 Å². The SMILES string of the molecule is CC1Cc2nn(-c3nnc(C(F)F)s3)c3nc(S(=O)(=O)NC4(CF)CC4)cc(c23)C(CC(=O)N(C)C)C1=O. The number of rotatable bonds is 8. The van der Waals surface area contributed by atoms with Gasteiger partial charge < -0.3 is 4.90 Å². The van der Waals surface area contributed by atoms with Gasteiger partial charge in [-0.25, -0.2) is 31.3 Å². The Hall–Kier alpha value is -2.98. The van der Waals surface area contributed by atoms with Crippen molar-refractivity contribution in [3.8, 4) is 5.13 Å². The number of Topliss-reactive ketones (excluding diaryl/α,β-unsaturated/α-hetero) is 1. The number of ketones is 1. The largest absolute Gasteiger partial charge is 0.349 e. The van der Waals surface area contributed by atoms with Gasteiger partial charge in [0.05, 0.1) is 17.2 Å². The number of nitrogens with one attached hydrogen (secondary N) is 1. The van der Waals surface area contributed by atoms with Gasteiger partial charge in [-0.3, -0.25) is 9.59 Å². The van der Waals surface area contributed by atoms with Gasteiger partial charge in [-0.05, 0) is 24.5 Å². The van der Waals surface area contributed by atoms with Gasteiger partial charge in [-0.2, -0.15) is 9.78 Å². The Morgan fingerprint density at radius 2 is 2.03 bits per heavy atom. The third-order valence-electron chi connectivity index (χ3n) is 6.83. The molecule has 5 rings (SSSR count). The van der Waals surface area contributed by atoms with Gasteiger partial charge in [0.2, 0.25) is 11.0 Å². The second kappa shape index (κ2) is 9.34. The van der Waals surface area contributed by atoms with Gasteiger partial charge in [0.1, 0.15) is 12.5 Å². The zero-order valence-electron chi connectivity index (χ0n) is 20.6. The maximum Gasteiger partial charge on any atom is 0.291 e. The number of carbonyl (C=O) groups is 2. The molecule has 1 amide bonds. The van der Waals surface area contributed by atoms with Crippen molar-refractivity contribution in [1.29, 1.82) is 0 Å². The maximum atomic E-state index is 13.5. The quantitative estimate of drug-likeness (QED) is 0.435. The lowest BCUT2D eigenvalue weighted by molar-refractivity contribution is -0.132. The van der Waals surface area contributed by atoms with Crippen molar-refractivity contribution >= 4 is 44.1 Å². The highest BCUT2D eigenvalue weighted by molar-refractivity contribution is 7.89. The predicted molar refractivity (Wildman–Crippen MR) is 129 cm³/mol. The first-order valence-electron chi connectivity index (χ1n) is 11.7. The fourth-order valence-electron chi connectivity index (χ4n) is 4.49. The Balaban J connectivity index is 1.76. The standard InChI is InChI=1S/C22H24F3N7O4S2/c1-10-6-13-16-11(12(17(10)34)8-15(33)31(2)3)7-14(38(35,36)30-22(9-23)4-5-22)26-19(16)32(29-13)21-28-27-20(37-21)18(24)25/h7,10,12,18,30H,4-6,8-9H2,1-3H3. The summed E-state index contributed by atoms with van der Waals surface area (Å²) in [6, 6.07) is 1.22. The molecule has 0 aliphatic heterocycles. The molecule has 38 heavy (non-hydrogen) atoms. The first kappa shape index (κ1) is 26.6. The molecule has 204 valence electrons. The molecule has 1 N–H and O–H groups in total. The molecule has 1 saturated carbocycles. The molecular weight excluding hydrogens is 547 g/mol. The summed E-state index contributed by atoms with van der Waals surface area (Å²) in [7, 11) is -1.29. The molecule has 3 aromatic heterocycles. The average Bonchev–Trinajstić information content (AvgIpc) is 3.31. The second-order valence-corrected chi connectivity index (χ2v) is 12.5. The van der Waals surface area contributed by atoms with E-state index in [2.05, 4.69) is 25.0 Å². The van der Waals surface area contributed by atoms with Crippen molar-refractivity contribution < 1.29 is 31.2 Å². The van der Waals surface area contributed by atoms with E-state index < -0.39 is 50.5 Å². The van der Waals surface area contributed by atoms with Gasteiger partial charge in [0, 0.05) is 38.2 Å². The number of pyridine rings is 1. The molecule has 0 saturated heterocycles. The van der Waals surface area contributed by atoms with Gasteiger partial charge in [-0.1, -0.05) is 18.3 Å². The van der Waals surface area contributed by atoms with E-state index in [4.69, 9.17) is 0 Å². The molecule has 0 spiro atoms. The maximum absolute atomic E-state index is 13.5. The van der Waals surface area contributed by atoms with Crippen LogP contribution >= 0.6 is 11.3 Å². The molecule has 0 bridgehead atoms. The minimum atomic E-state index is -4.38. The summed E-state index contributed by atoms with van der Waals surface area (Å²) in [6.45, 7) is 0.775. The molecule has 3 heterocycles. The van der Waals surface area contributed by atoms with E-state index in [9.17, 15) is 31.2 Å². The molecule has 0 aromatic carbocycles. The van der Waals surface area contributed by atoms with Crippen molar-refractivity contribution in [2.24, 2.45) is 5.92 Å². The molecule has 2 unspecified atom stereocenters. The van der Waals surface area contributed by atoms with Crippen LogP contribution in [0.5, 0.6) is 0 Å². The first-order valence-corrected chi connectivity index (χ1v) is 14.0. The van der Waals surface area contributed by atoms with Crippen molar-refractivity contribution in [3.63, 3.8) is 0 Å². The van der Waals surface area contributed by atoms with E-state index in [1.165, 1.54) is 11.0 Å². The highest BCUT2D eigenvalue weighted by Gasteiger charge is 2.47. The number of amides is 1. The van der Waals surface area contributed by atoms with Crippen molar-refractivity contribution in [2.75, 3.05) is 20.8 Å². The molecule has 2 atom stereocenters. The zero-order chi connectivity index (χ0) is 27.6. The summed E-state index contributed by atoms with van der Waals surface area (Å²) in [5.74, 6) is -2.22. The smallest absolute Gasteiger partial charge is 0.291 e. The Labute approximate surface area is 219 Å². The lowest BCUT2D eigenvalue weighted by atomic mass is 9.86. The van der Waals surface area contributed by atoms with Crippen LogP contribution in [0.25, 0.3) is 16.2 Å². The number of halogens is 3. The van der Waals surface area contributed by atoms with Gasteiger partial charge in [0.25, 0.3) is 16.4 Å². The highest BCUT2D eigenvalue weighted by atomic mass is 32.2. The number of sulfonamides is 1. The lowest BCUT2D eigenvalue weighted by Crippen LogP contribution is -2.39. The van der Waals surface area contributed by atoms with E-state index in [0.717, 1.165) is 4.68 Å². The normalized spacial score (nSPS) is 20.7. The van der Waals surface area contributed by atoms with Crippen LogP contribution in [-0.2, 0) is 26.0 Å². The Morgan fingerprint density at radius 3 is 2.61 bits per heavy atom. The van der Waals surface area contributed by atoms with Crippen LogP contribution in [0, 0.1) is 5.92 Å². The summed E-state index contributed by atoms with van der Waals surface area (Å²) in [5, 5.41) is 11.0. The number of alkyl halides is 3. The topological polar surface area (TPSA) is 140 Å². The minimum Gasteiger partial charge on any atom is -0.349 e. The minimum absolute atomic E-state index is 0.0378. The molecule has 1 fully saturated rings. The molecule has 0 radical (unpaired) electrons. The van der Waals surface area contributed by atoms with Crippen LogP contribution in [0.1, 0.15) is 54.8 Å². The zero-order valence-corrected chi connectivity index (χ0v) is 22.2. The fraction of sp³-hybridized carbons (Fsp3) is 0.545. The Kier molecular flexibility index (Phi) is 6.54. The Bertz CT molecular complexity index is 1550. The summed E-state index contributed by atoms with van der Waals surface area (Å²) < 4.78 is 70.2. The van der Waals surface area contributed by atoms with Crippen LogP contribution in [0.15, 0.2) is 11.1 Å². The van der Waals surface area contributed by atoms with Gasteiger partial charge in [-0.15, -0.1) is 10.2 Å². The Morgan fingerprint density at radius 1 is 1.32 bits per heavy atom. The number of nitrogens with zero attached hydrogens (tertiary/aromatic N) is 6. The van der Waals surface area contributed by atoms with Crippen LogP contribution in [0.3, 0.4) is 0 Å². The monoisotopic (exact) mass is 571 g/mol. The number of aromatic nitrogens is 5. The first-order chi connectivity index (χ1) is 17.9. The summed E-state index contributed by atoms with van der Waals surface area (Å²) in [6.07, 6.45) is -2.32. The summed E-state index contributed by atoms with van der Waals surface area (Å²) >= 11 is 0.564. The third-order valence-corrected chi connectivity index (χ3v) is 9.20. The average molecular weight is 572 g/mol. The molecule has 11 nitrogen and oxygen atoms in total. The third kappa shape index (κ3) is 4.58. The van der Waals surface area contributed by atoms with E-state index in [0.29, 0.717) is 35.3 Å². The molecular formula is C22H24F3N7O4S2. The van der Waals surface area contributed by atoms with Crippen LogP contribution < -0.4 is 4.72 Å². The van der Waals surface area contributed by atoms with E-state index >= 15 is 0 Å². The van der Waals surface area contributed by atoms with E-state index in [1.807, 2.05) is 0 Å². The van der Waals surface area contributed by atoms with E-state index in [1.54, 1.807) is 21.0 Å². The number of carbonyl (C=O) groups excluding carboxylic acids is 2. The number of hydrogen-bond donors (Lipinski definition) is 1. The second-order valence-electron chi connectivity index (χ2n) is 9.90. The van der Waals surface area contributed by atoms with E-state index in [-0.39, 0.29) is 40.9 Å². The molecule has 16 heteroatoms.